The molecule has 0 radical (unpaired) electrons. The van der Waals surface area contributed by atoms with Crippen LogP contribution in [0.15, 0.2) is 54.7 Å². The first-order valence-electron chi connectivity index (χ1n) is 7.10. The fourth-order valence-corrected chi connectivity index (χ4v) is 2.89. The minimum absolute atomic E-state index is 0.618. The fourth-order valence-electron chi connectivity index (χ4n) is 2.89. The number of aryl methyl sites for hydroxylation is 2. The highest BCUT2D eigenvalue weighted by molar-refractivity contribution is 5.79. The summed E-state index contributed by atoms with van der Waals surface area (Å²) < 4.78 is 10.5. The van der Waals surface area contributed by atoms with E-state index in [1.165, 1.54) is 22.9 Å². The lowest BCUT2D eigenvalue weighted by molar-refractivity contribution is -0.755. The van der Waals surface area contributed by atoms with Gasteiger partial charge in [0.25, 0.3) is 0 Å². The van der Waals surface area contributed by atoms with E-state index in [-0.39, 0.29) is 0 Å². The monoisotopic (exact) mass is 265 g/mol. The van der Waals surface area contributed by atoms with Crippen LogP contribution in [0.3, 0.4) is 0 Å². The average molecular weight is 265 g/mol. The molecule has 0 atom stereocenters. The van der Waals surface area contributed by atoms with Crippen molar-refractivity contribution in [1.82, 2.24) is 4.68 Å². The van der Waals surface area contributed by atoms with Gasteiger partial charge in [0.2, 0.25) is 6.20 Å². The van der Waals surface area contributed by atoms with Crippen LogP contribution in [-0.2, 0) is 19.7 Å². The summed E-state index contributed by atoms with van der Waals surface area (Å²) in [6.07, 6.45) is 3.46. The van der Waals surface area contributed by atoms with Gasteiger partial charge in [0.1, 0.15) is 17.9 Å². The van der Waals surface area contributed by atoms with E-state index in [0.717, 1.165) is 18.8 Å². The molecule has 0 amide bonds. The van der Waals surface area contributed by atoms with Crippen molar-refractivity contribution in [3.63, 3.8) is 0 Å². The summed E-state index contributed by atoms with van der Waals surface area (Å²) in [5.41, 5.74) is 2.50. The molecule has 100 valence electrons. The Bertz CT molecular complexity index is 746. The van der Waals surface area contributed by atoms with E-state index >= 15 is 0 Å². The van der Waals surface area contributed by atoms with Crippen molar-refractivity contribution in [3.05, 3.63) is 60.3 Å². The van der Waals surface area contributed by atoms with Crippen molar-refractivity contribution in [2.75, 3.05) is 0 Å². The quantitative estimate of drug-likeness (QED) is 0.666. The molecule has 0 N–H and O–H groups in total. The van der Waals surface area contributed by atoms with Gasteiger partial charge in [-0.15, -0.1) is 4.68 Å². The first-order chi connectivity index (χ1) is 9.90. The summed E-state index contributed by atoms with van der Waals surface area (Å²) in [5, 5.41) is 1.26. The Hall–Kier alpha value is -2.29. The highest BCUT2D eigenvalue weighted by Crippen LogP contribution is 2.22. The van der Waals surface area contributed by atoms with E-state index in [1.807, 2.05) is 18.2 Å². The molecule has 20 heavy (non-hydrogen) atoms. The third-order valence-corrected chi connectivity index (χ3v) is 3.88. The van der Waals surface area contributed by atoms with Gasteiger partial charge < -0.3 is 4.74 Å². The predicted octanol–water partition coefficient (Wildman–Crippen LogP) is 2.91. The van der Waals surface area contributed by atoms with E-state index in [2.05, 4.69) is 45.9 Å². The molecule has 0 aliphatic carbocycles. The van der Waals surface area contributed by atoms with E-state index < -0.39 is 0 Å². The lowest BCUT2D eigenvalue weighted by atomic mass is 10.2. The maximum Gasteiger partial charge on any atom is 0.203 e. The first-order valence-corrected chi connectivity index (χ1v) is 7.10. The van der Waals surface area contributed by atoms with E-state index in [9.17, 15) is 0 Å². The second-order valence-corrected chi connectivity index (χ2v) is 5.26. The largest absolute Gasteiger partial charge is 0.489 e. The van der Waals surface area contributed by atoms with Gasteiger partial charge in [-0.2, -0.15) is 4.68 Å². The van der Waals surface area contributed by atoms with Crippen molar-refractivity contribution >= 4 is 10.9 Å². The first kappa shape index (κ1) is 11.5. The molecule has 2 heterocycles. The Balaban J connectivity index is 1.59. The molecule has 3 heteroatoms. The minimum atomic E-state index is 0.618. The van der Waals surface area contributed by atoms with E-state index in [1.54, 1.807) is 0 Å². The Morgan fingerprint density at radius 1 is 1.10 bits per heavy atom. The van der Waals surface area contributed by atoms with Crippen LogP contribution in [-0.4, -0.2) is 4.68 Å². The lowest BCUT2D eigenvalue weighted by Crippen LogP contribution is -2.35. The highest BCUT2D eigenvalue weighted by Gasteiger charge is 2.21. The molecule has 0 fully saturated rings. The maximum atomic E-state index is 5.88. The van der Waals surface area contributed by atoms with Crippen LogP contribution in [0.2, 0.25) is 0 Å². The number of hydrogen-bond acceptors (Lipinski definition) is 1. The third kappa shape index (κ3) is 1.95. The van der Waals surface area contributed by atoms with Crippen LogP contribution in [0.5, 0.6) is 5.75 Å². The summed E-state index contributed by atoms with van der Waals surface area (Å²) in [4.78, 5) is 0. The molecule has 0 bridgehead atoms. The molecule has 3 nitrogen and oxygen atoms in total. The summed E-state index contributed by atoms with van der Waals surface area (Å²) in [6, 6.07) is 16.6. The van der Waals surface area contributed by atoms with Gasteiger partial charge in [-0.25, -0.2) is 0 Å². The lowest BCUT2D eigenvalue weighted by Gasteiger charge is -2.05. The molecule has 0 unspecified atom stereocenters. The molecule has 1 aliphatic heterocycles. The molecule has 3 aromatic rings. The Morgan fingerprint density at radius 3 is 2.90 bits per heavy atom. The second kappa shape index (κ2) is 4.67. The van der Waals surface area contributed by atoms with Gasteiger partial charge >= 0.3 is 0 Å². The van der Waals surface area contributed by atoms with E-state index in [4.69, 9.17) is 4.74 Å². The maximum absolute atomic E-state index is 5.88. The van der Waals surface area contributed by atoms with Crippen LogP contribution in [0.25, 0.3) is 10.9 Å². The number of fused-ring (bicyclic) bond motifs is 3. The highest BCUT2D eigenvalue weighted by atomic mass is 16.5. The molecule has 0 saturated carbocycles. The molecule has 1 aliphatic rings. The molecular formula is C17H17N2O+. The van der Waals surface area contributed by atoms with Crippen molar-refractivity contribution in [1.29, 1.82) is 0 Å². The molecule has 0 saturated heterocycles. The molecular weight excluding hydrogens is 248 g/mol. The van der Waals surface area contributed by atoms with Gasteiger partial charge in [-0.3, -0.25) is 0 Å². The van der Waals surface area contributed by atoms with Crippen LogP contribution in [0, 0.1) is 0 Å². The van der Waals surface area contributed by atoms with Crippen LogP contribution >= 0.6 is 0 Å². The van der Waals surface area contributed by atoms with Crippen molar-refractivity contribution in [3.8, 4) is 5.75 Å². The zero-order chi connectivity index (χ0) is 13.4. The Morgan fingerprint density at radius 2 is 2.00 bits per heavy atom. The normalized spacial score (nSPS) is 13.6. The SMILES string of the molecule is c1ccc(COc2ccc3c(c2)c[n+]2n3CCC2)cc1. The zero-order valence-electron chi connectivity index (χ0n) is 11.3. The van der Waals surface area contributed by atoms with Crippen LogP contribution in [0.1, 0.15) is 12.0 Å². The van der Waals surface area contributed by atoms with Gasteiger partial charge in [0, 0.05) is 6.42 Å². The van der Waals surface area contributed by atoms with Crippen LogP contribution in [0.4, 0.5) is 0 Å². The van der Waals surface area contributed by atoms with Gasteiger partial charge in [0.15, 0.2) is 6.54 Å². The zero-order valence-corrected chi connectivity index (χ0v) is 11.3. The molecule has 1 aromatic heterocycles. The topological polar surface area (TPSA) is 18.0 Å². The average Bonchev–Trinajstić information content (AvgIpc) is 3.06. The summed E-state index contributed by atoms with van der Waals surface area (Å²) in [7, 11) is 0. The summed E-state index contributed by atoms with van der Waals surface area (Å²) >= 11 is 0. The molecule has 4 rings (SSSR count). The Kier molecular flexibility index (Phi) is 2.69. The second-order valence-electron chi connectivity index (χ2n) is 5.26. The van der Waals surface area contributed by atoms with Crippen LogP contribution < -0.4 is 9.42 Å². The number of ether oxygens (including phenoxy) is 1. The molecule has 0 spiro atoms. The number of rotatable bonds is 3. The van der Waals surface area contributed by atoms with Crippen molar-refractivity contribution in [2.24, 2.45) is 0 Å². The number of benzene rings is 2. The van der Waals surface area contributed by atoms with Gasteiger partial charge in [0.05, 0.1) is 11.9 Å². The van der Waals surface area contributed by atoms with Gasteiger partial charge in [-0.05, 0) is 23.8 Å². The molecule has 2 aromatic carbocycles. The number of aromatic nitrogens is 2. The Labute approximate surface area is 118 Å². The van der Waals surface area contributed by atoms with E-state index in [0.29, 0.717) is 6.61 Å². The predicted molar refractivity (Wildman–Crippen MR) is 77.5 cm³/mol. The standard InChI is InChI=1S/C17H17N2O/c1-2-5-14(6-3-1)13-20-16-7-8-17-15(11-16)12-18-9-4-10-19(17)18/h1-3,5-8,11-12H,4,9-10,13H2/q+1. The summed E-state index contributed by atoms with van der Waals surface area (Å²) in [6.45, 7) is 2.86. The number of nitrogens with zero attached hydrogens (tertiary/aromatic N) is 2. The minimum Gasteiger partial charge on any atom is -0.489 e. The summed E-state index contributed by atoms with van der Waals surface area (Å²) in [5.74, 6) is 0.936. The fraction of sp³-hybridized carbons (Fsp3) is 0.235. The van der Waals surface area contributed by atoms with Crippen molar-refractivity contribution < 1.29 is 9.42 Å². The smallest absolute Gasteiger partial charge is 0.203 e. The van der Waals surface area contributed by atoms with Gasteiger partial charge in [-0.1, -0.05) is 30.3 Å². The third-order valence-electron chi connectivity index (χ3n) is 3.88. The van der Waals surface area contributed by atoms with Crippen molar-refractivity contribution in [2.45, 2.75) is 26.1 Å². The number of hydrogen-bond donors (Lipinski definition) is 0.